The molecule has 0 atom stereocenters. The predicted molar refractivity (Wildman–Crippen MR) is 75.5 cm³/mol. The minimum Gasteiger partial charge on any atom is -0.267 e. The van der Waals surface area contributed by atoms with Gasteiger partial charge in [0.25, 0.3) is 5.56 Å². The Morgan fingerprint density at radius 3 is 2.63 bits per heavy atom. The van der Waals surface area contributed by atoms with E-state index in [1.54, 1.807) is 18.5 Å². The molecule has 4 nitrogen and oxygen atoms in total. The predicted octanol–water partition coefficient (Wildman–Crippen LogP) is 2.49. The summed E-state index contributed by atoms with van der Waals surface area (Å²) < 4.78 is 0. The van der Waals surface area contributed by atoms with Crippen LogP contribution >= 0.6 is 0 Å². The Labute approximate surface area is 109 Å². The average Bonchev–Trinajstić information content (AvgIpc) is 2.48. The first kappa shape index (κ1) is 11.3. The molecule has 2 heterocycles. The number of aromatic nitrogens is 3. The maximum atomic E-state index is 11.7. The van der Waals surface area contributed by atoms with E-state index in [0.29, 0.717) is 5.39 Å². The second-order valence-corrected chi connectivity index (χ2v) is 4.10. The minimum absolute atomic E-state index is 0.172. The molecule has 0 unspecified atom stereocenters. The van der Waals surface area contributed by atoms with Crippen LogP contribution in [0.3, 0.4) is 0 Å². The van der Waals surface area contributed by atoms with Crippen LogP contribution in [0.5, 0.6) is 0 Å². The molecule has 0 radical (unpaired) electrons. The van der Waals surface area contributed by atoms with E-state index in [4.69, 9.17) is 0 Å². The van der Waals surface area contributed by atoms with Crippen molar-refractivity contribution in [1.82, 2.24) is 15.2 Å². The van der Waals surface area contributed by atoms with Crippen molar-refractivity contribution in [3.05, 3.63) is 70.4 Å². The maximum Gasteiger partial charge on any atom is 0.272 e. The summed E-state index contributed by atoms with van der Waals surface area (Å²) in [5, 5.41) is 8.06. The van der Waals surface area contributed by atoms with Crippen LogP contribution in [0.2, 0.25) is 0 Å². The smallest absolute Gasteiger partial charge is 0.267 e. The van der Waals surface area contributed by atoms with Crippen LogP contribution in [0.4, 0.5) is 0 Å². The van der Waals surface area contributed by atoms with E-state index < -0.39 is 0 Å². The molecule has 0 amide bonds. The molecule has 92 valence electrons. The fraction of sp³-hybridized carbons (Fsp3) is 0. The maximum absolute atomic E-state index is 11.7. The lowest BCUT2D eigenvalue weighted by Gasteiger charge is -1.99. The number of rotatable bonds is 2. The van der Waals surface area contributed by atoms with Gasteiger partial charge in [-0.2, -0.15) is 5.10 Å². The Morgan fingerprint density at radius 2 is 1.84 bits per heavy atom. The van der Waals surface area contributed by atoms with Gasteiger partial charge in [0.15, 0.2) is 0 Å². The van der Waals surface area contributed by atoms with Crippen LogP contribution in [0.1, 0.15) is 11.3 Å². The summed E-state index contributed by atoms with van der Waals surface area (Å²) in [6.07, 6.45) is 7.28. The first-order valence-electron chi connectivity index (χ1n) is 5.90. The molecule has 19 heavy (non-hydrogen) atoms. The van der Waals surface area contributed by atoms with E-state index in [9.17, 15) is 4.79 Å². The molecule has 0 bridgehead atoms. The lowest BCUT2D eigenvalue weighted by atomic mass is 10.1. The number of hydrogen-bond donors (Lipinski definition) is 1. The Morgan fingerprint density at radius 1 is 1.00 bits per heavy atom. The number of H-pyrrole nitrogens is 1. The van der Waals surface area contributed by atoms with Crippen LogP contribution < -0.4 is 5.56 Å². The van der Waals surface area contributed by atoms with E-state index in [1.807, 2.05) is 42.5 Å². The van der Waals surface area contributed by atoms with Crippen molar-refractivity contribution in [2.45, 2.75) is 0 Å². The first-order chi connectivity index (χ1) is 9.34. The molecule has 4 heteroatoms. The molecular formula is C15H11N3O. The fourth-order valence-electron chi connectivity index (χ4n) is 1.91. The minimum atomic E-state index is -0.172. The van der Waals surface area contributed by atoms with Gasteiger partial charge in [0.05, 0.1) is 11.1 Å². The quantitative estimate of drug-likeness (QED) is 0.759. The summed E-state index contributed by atoms with van der Waals surface area (Å²) in [6.45, 7) is 0. The zero-order valence-corrected chi connectivity index (χ0v) is 10.1. The van der Waals surface area contributed by atoms with Gasteiger partial charge in [-0.1, -0.05) is 30.3 Å². The van der Waals surface area contributed by atoms with Crippen LogP contribution in [0, 0.1) is 0 Å². The Kier molecular flexibility index (Phi) is 2.90. The molecule has 1 N–H and O–H groups in total. The van der Waals surface area contributed by atoms with Crippen molar-refractivity contribution in [1.29, 1.82) is 0 Å². The third-order valence-corrected chi connectivity index (χ3v) is 2.84. The summed E-state index contributed by atoms with van der Waals surface area (Å²) >= 11 is 0. The third kappa shape index (κ3) is 2.28. The molecule has 0 aliphatic carbocycles. The zero-order valence-electron chi connectivity index (χ0n) is 10.1. The van der Waals surface area contributed by atoms with Crippen LogP contribution in [-0.4, -0.2) is 15.2 Å². The standard InChI is InChI=1S/C15H11N3O/c19-15-13-6-2-1-5-12(13)14(17-18-15)8-7-11-4-3-9-16-10-11/h1-10H,(H,18,19). The van der Waals surface area contributed by atoms with E-state index in [-0.39, 0.29) is 5.56 Å². The highest BCUT2D eigenvalue weighted by Gasteiger charge is 2.02. The molecule has 0 fully saturated rings. The van der Waals surface area contributed by atoms with Crippen LogP contribution in [-0.2, 0) is 0 Å². The number of nitrogens with one attached hydrogen (secondary N) is 1. The number of fused-ring (bicyclic) bond motifs is 1. The second-order valence-electron chi connectivity index (χ2n) is 4.10. The highest BCUT2D eigenvalue weighted by molar-refractivity contribution is 5.90. The van der Waals surface area contributed by atoms with Crippen molar-refractivity contribution in [2.24, 2.45) is 0 Å². The number of pyridine rings is 1. The van der Waals surface area contributed by atoms with E-state index >= 15 is 0 Å². The van der Waals surface area contributed by atoms with Crippen LogP contribution in [0.25, 0.3) is 22.9 Å². The van der Waals surface area contributed by atoms with Gasteiger partial charge < -0.3 is 0 Å². The normalized spacial score (nSPS) is 11.2. The topological polar surface area (TPSA) is 58.6 Å². The Hall–Kier alpha value is -2.75. The molecule has 0 aliphatic heterocycles. The Balaban J connectivity index is 2.09. The monoisotopic (exact) mass is 249 g/mol. The molecule has 1 aromatic carbocycles. The van der Waals surface area contributed by atoms with Crippen LogP contribution in [0.15, 0.2) is 53.6 Å². The molecule has 0 spiro atoms. The summed E-state index contributed by atoms with van der Waals surface area (Å²) in [6, 6.07) is 11.2. The summed E-state index contributed by atoms with van der Waals surface area (Å²) in [7, 11) is 0. The number of benzene rings is 1. The van der Waals surface area contributed by atoms with Gasteiger partial charge in [-0.15, -0.1) is 0 Å². The molecule has 0 aliphatic rings. The van der Waals surface area contributed by atoms with Crippen molar-refractivity contribution in [3.8, 4) is 0 Å². The van der Waals surface area contributed by atoms with Gasteiger partial charge in [0.2, 0.25) is 0 Å². The third-order valence-electron chi connectivity index (χ3n) is 2.84. The number of nitrogens with zero attached hydrogens (tertiary/aromatic N) is 2. The van der Waals surface area contributed by atoms with Crippen molar-refractivity contribution < 1.29 is 0 Å². The first-order valence-corrected chi connectivity index (χ1v) is 5.90. The zero-order chi connectivity index (χ0) is 13.1. The van der Waals surface area contributed by atoms with Crippen molar-refractivity contribution >= 4 is 22.9 Å². The van der Waals surface area contributed by atoms with Gasteiger partial charge in [-0.3, -0.25) is 9.78 Å². The lowest BCUT2D eigenvalue weighted by molar-refractivity contribution is 1.00. The molecule has 3 rings (SSSR count). The summed E-state index contributed by atoms with van der Waals surface area (Å²) in [4.78, 5) is 15.7. The highest BCUT2D eigenvalue weighted by atomic mass is 16.1. The molecule has 0 saturated carbocycles. The molecular weight excluding hydrogens is 238 g/mol. The van der Waals surface area contributed by atoms with E-state index in [0.717, 1.165) is 16.6 Å². The van der Waals surface area contributed by atoms with E-state index in [1.165, 1.54) is 0 Å². The lowest BCUT2D eigenvalue weighted by Crippen LogP contribution is -2.09. The Bertz CT molecular complexity index is 791. The SMILES string of the molecule is O=c1[nH]nc(C=Cc2cccnc2)c2ccccc12. The van der Waals surface area contributed by atoms with Crippen molar-refractivity contribution in [2.75, 3.05) is 0 Å². The molecule has 3 aromatic rings. The molecule has 0 saturated heterocycles. The fourth-order valence-corrected chi connectivity index (χ4v) is 1.91. The average molecular weight is 249 g/mol. The van der Waals surface area contributed by atoms with Crippen molar-refractivity contribution in [3.63, 3.8) is 0 Å². The van der Waals surface area contributed by atoms with Gasteiger partial charge in [0.1, 0.15) is 0 Å². The molecule has 2 aromatic heterocycles. The largest absolute Gasteiger partial charge is 0.272 e. The van der Waals surface area contributed by atoms with E-state index in [2.05, 4.69) is 15.2 Å². The summed E-state index contributed by atoms with van der Waals surface area (Å²) in [5.74, 6) is 0. The van der Waals surface area contributed by atoms with Gasteiger partial charge in [-0.05, 0) is 23.8 Å². The van der Waals surface area contributed by atoms with Gasteiger partial charge in [0, 0.05) is 17.8 Å². The van der Waals surface area contributed by atoms with Gasteiger partial charge in [-0.25, -0.2) is 5.10 Å². The number of aromatic amines is 1. The highest BCUT2D eigenvalue weighted by Crippen LogP contribution is 2.14. The number of hydrogen-bond acceptors (Lipinski definition) is 3. The second kappa shape index (κ2) is 4.86. The van der Waals surface area contributed by atoms with Gasteiger partial charge >= 0.3 is 0 Å². The summed E-state index contributed by atoms with van der Waals surface area (Å²) in [5.41, 5.74) is 1.55.